The molecule has 0 aliphatic carbocycles. The minimum absolute atomic E-state index is 0.00848. The molecular formula is C22H28N4O3. The predicted octanol–water partition coefficient (Wildman–Crippen LogP) is 1.81. The average molecular weight is 396 g/mol. The van der Waals surface area contributed by atoms with E-state index in [0.717, 1.165) is 63.0 Å². The zero-order valence-corrected chi connectivity index (χ0v) is 16.8. The highest BCUT2D eigenvalue weighted by Gasteiger charge is 2.26. The summed E-state index contributed by atoms with van der Waals surface area (Å²) in [5.41, 5.74) is 1.60. The molecule has 0 radical (unpaired) electrons. The van der Waals surface area contributed by atoms with Gasteiger partial charge in [-0.3, -0.25) is 4.79 Å². The van der Waals surface area contributed by atoms with Crippen LogP contribution in [0.2, 0.25) is 0 Å². The van der Waals surface area contributed by atoms with Gasteiger partial charge in [-0.2, -0.15) is 0 Å². The molecule has 0 N–H and O–H groups in total. The third-order valence-corrected chi connectivity index (χ3v) is 6.17. The van der Waals surface area contributed by atoms with Crippen molar-refractivity contribution in [3.8, 4) is 5.75 Å². The Balaban J connectivity index is 1.25. The van der Waals surface area contributed by atoms with E-state index in [9.17, 15) is 4.79 Å². The minimum atomic E-state index is -0.00848. The molecule has 1 amide bonds. The van der Waals surface area contributed by atoms with Gasteiger partial charge in [-0.1, -0.05) is 18.2 Å². The number of ether oxygens (including phenoxy) is 2. The van der Waals surface area contributed by atoms with Crippen molar-refractivity contribution in [2.45, 2.75) is 25.9 Å². The van der Waals surface area contributed by atoms with E-state index in [2.05, 4.69) is 9.47 Å². The van der Waals surface area contributed by atoms with E-state index in [1.54, 1.807) is 0 Å². The molecular weight excluding hydrogens is 368 g/mol. The predicted molar refractivity (Wildman–Crippen MR) is 108 cm³/mol. The molecule has 1 fully saturated rings. The number of aromatic nitrogens is 2. The molecule has 0 saturated carbocycles. The summed E-state index contributed by atoms with van der Waals surface area (Å²) in [5, 5.41) is 0. The SMILES string of the molecule is O=C(c1cn2c(n1)CCN(CC1CCOC1)CC2)N1CCOc2ccccc2C1. The first-order chi connectivity index (χ1) is 14.3. The van der Waals surface area contributed by atoms with Crippen LogP contribution >= 0.6 is 0 Å². The van der Waals surface area contributed by atoms with E-state index in [1.807, 2.05) is 35.4 Å². The summed E-state index contributed by atoms with van der Waals surface area (Å²) in [6.07, 6.45) is 3.99. The van der Waals surface area contributed by atoms with Gasteiger partial charge in [0.05, 0.1) is 13.2 Å². The number of imidazole rings is 1. The molecule has 29 heavy (non-hydrogen) atoms. The van der Waals surface area contributed by atoms with E-state index >= 15 is 0 Å². The highest BCUT2D eigenvalue weighted by molar-refractivity contribution is 5.92. The van der Waals surface area contributed by atoms with Gasteiger partial charge >= 0.3 is 0 Å². The van der Waals surface area contributed by atoms with E-state index in [0.29, 0.717) is 31.3 Å². The standard InChI is InChI=1S/C22H28N4O3/c27-22(26-10-12-29-20-4-2-1-3-18(20)14-26)19-15-25-9-8-24(7-5-21(25)23-19)13-17-6-11-28-16-17/h1-4,15,17H,5-14,16H2. The number of carbonyl (C=O) groups excluding carboxylic acids is 1. The van der Waals surface area contributed by atoms with E-state index in [1.165, 1.54) is 6.42 Å². The first-order valence-electron chi connectivity index (χ1n) is 10.6. The van der Waals surface area contributed by atoms with Gasteiger partial charge in [0.2, 0.25) is 0 Å². The molecule has 1 atom stereocenters. The largest absolute Gasteiger partial charge is 0.491 e. The number of benzene rings is 1. The number of amides is 1. The molecule has 3 aliphatic rings. The molecule has 0 spiro atoms. The number of para-hydroxylation sites is 1. The third kappa shape index (κ3) is 4.02. The van der Waals surface area contributed by atoms with Crippen molar-refractivity contribution in [3.63, 3.8) is 0 Å². The van der Waals surface area contributed by atoms with Crippen LogP contribution in [0.15, 0.2) is 30.5 Å². The molecule has 1 aromatic carbocycles. The molecule has 4 heterocycles. The van der Waals surface area contributed by atoms with Gasteiger partial charge in [-0.05, 0) is 18.4 Å². The zero-order chi connectivity index (χ0) is 19.6. The van der Waals surface area contributed by atoms with Crippen molar-refractivity contribution in [1.29, 1.82) is 0 Å². The Morgan fingerprint density at radius 3 is 2.97 bits per heavy atom. The number of nitrogens with zero attached hydrogens (tertiary/aromatic N) is 4. The molecule has 1 saturated heterocycles. The molecule has 7 heteroatoms. The lowest BCUT2D eigenvalue weighted by atomic mass is 10.1. The Bertz CT molecular complexity index is 849. The van der Waals surface area contributed by atoms with Crippen LogP contribution < -0.4 is 4.74 Å². The number of hydrogen-bond donors (Lipinski definition) is 0. The first-order valence-corrected chi connectivity index (χ1v) is 10.6. The molecule has 2 aromatic rings. The zero-order valence-electron chi connectivity index (χ0n) is 16.8. The molecule has 5 rings (SSSR count). The first kappa shape index (κ1) is 18.6. The number of hydrogen-bond acceptors (Lipinski definition) is 5. The second-order valence-corrected chi connectivity index (χ2v) is 8.20. The highest BCUT2D eigenvalue weighted by atomic mass is 16.5. The number of fused-ring (bicyclic) bond motifs is 2. The summed E-state index contributed by atoms with van der Waals surface area (Å²) in [6.45, 7) is 7.42. The van der Waals surface area contributed by atoms with Crippen molar-refractivity contribution >= 4 is 5.91 Å². The van der Waals surface area contributed by atoms with Crippen molar-refractivity contribution < 1.29 is 14.3 Å². The maximum Gasteiger partial charge on any atom is 0.274 e. The van der Waals surface area contributed by atoms with E-state index in [4.69, 9.17) is 14.5 Å². The molecule has 3 aliphatic heterocycles. The molecule has 1 unspecified atom stereocenters. The quantitative estimate of drug-likeness (QED) is 0.792. The van der Waals surface area contributed by atoms with Gasteiger partial charge in [-0.15, -0.1) is 0 Å². The third-order valence-electron chi connectivity index (χ3n) is 6.17. The fourth-order valence-corrected chi connectivity index (χ4v) is 4.51. The van der Waals surface area contributed by atoms with E-state index in [-0.39, 0.29) is 5.91 Å². The normalized spacial score (nSPS) is 22.3. The van der Waals surface area contributed by atoms with Crippen LogP contribution in [0.1, 0.15) is 28.3 Å². The molecule has 154 valence electrons. The Morgan fingerprint density at radius 1 is 1.14 bits per heavy atom. The second kappa shape index (κ2) is 8.16. The van der Waals surface area contributed by atoms with E-state index < -0.39 is 0 Å². The topological polar surface area (TPSA) is 59.8 Å². The van der Waals surface area contributed by atoms with Gasteiger partial charge in [0.15, 0.2) is 0 Å². The van der Waals surface area contributed by atoms with Crippen LogP contribution in [-0.2, 0) is 24.2 Å². The smallest absolute Gasteiger partial charge is 0.274 e. The van der Waals surface area contributed by atoms with Crippen molar-refractivity contribution in [2.24, 2.45) is 5.92 Å². The van der Waals surface area contributed by atoms with Gasteiger partial charge in [0.1, 0.15) is 23.9 Å². The van der Waals surface area contributed by atoms with Crippen LogP contribution in [-0.4, -0.2) is 71.3 Å². The van der Waals surface area contributed by atoms with Gasteiger partial charge in [-0.25, -0.2) is 4.98 Å². The lowest BCUT2D eigenvalue weighted by Crippen LogP contribution is -2.33. The second-order valence-electron chi connectivity index (χ2n) is 8.20. The Kier molecular flexibility index (Phi) is 5.24. The Hall–Kier alpha value is -2.38. The van der Waals surface area contributed by atoms with Crippen LogP contribution in [0.4, 0.5) is 0 Å². The fraction of sp³-hybridized carbons (Fsp3) is 0.545. The lowest BCUT2D eigenvalue weighted by molar-refractivity contribution is 0.0727. The van der Waals surface area contributed by atoms with Crippen LogP contribution in [0.5, 0.6) is 5.75 Å². The lowest BCUT2D eigenvalue weighted by Gasteiger charge is -2.22. The molecule has 7 nitrogen and oxygen atoms in total. The van der Waals surface area contributed by atoms with Crippen LogP contribution in [0.3, 0.4) is 0 Å². The van der Waals surface area contributed by atoms with Crippen LogP contribution in [0.25, 0.3) is 0 Å². The summed E-state index contributed by atoms with van der Waals surface area (Å²) >= 11 is 0. The number of rotatable bonds is 3. The summed E-state index contributed by atoms with van der Waals surface area (Å²) < 4.78 is 13.5. The van der Waals surface area contributed by atoms with Crippen molar-refractivity contribution in [3.05, 3.63) is 47.5 Å². The monoisotopic (exact) mass is 396 g/mol. The van der Waals surface area contributed by atoms with Gasteiger partial charge in [0.25, 0.3) is 5.91 Å². The fourth-order valence-electron chi connectivity index (χ4n) is 4.51. The van der Waals surface area contributed by atoms with Gasteiger partial charge in [0, 0.05) is 57.5 Å². The summed E-state index contributed by atoms with van der Waals surface area (Å²) in [4.78, 5) is 22.2. The Morgan fingerprint density at radius 2 is 2.07 bits per heavy atom. The minimum Gasteiger partial charge on any atom is -0.491 e. The van der Waals surface area contributed by atoms with Crippen LogP contribution in [0, 0.1) is 5.92 Å². The average Bonchev–Trinajstić information content (AvgIpc) is 3.29. The number of carbonyl (C=O) groups is 1. The van der Waals surface area contributed by atoms with Crippen molar-refractivity contribution in [2.75, 3.05) is 46.0 Å². The molecule has 0 bridgehead atoms. The summed E-state index contributed by atoms with van der Waals surface area (Å²) in [7, 11) is 0. The highest BCUT2D eigenvalue weighted by Crippen LogP contribution is 2.24. The molecule has 1 aromatic heterocycles. The maximum absolute atomic E-state index is 13.1. The maximum atomic E-state index is 13.1. The van der Waals surface area contributed by atoms with Gasteiger partial charge < -0.3 is 23.8 Å². The Labute approximate surface area is 171 Å². The summed E-state index contributed by atoms with van der Waals surface area (Å²) in [6, 6.07) is 7.93. The summed E-state index contributed by atoms with van der Waals surface area (Å²) in [5.74, 6) is 2.54. The van der Waals surface area contributed by atoms with Crippen molar-refractivity contribution in [1.82, 2.24) is 19.4 Å².